The Bertz CT molecular complexity index is 716. The molecule has 0 saturated carbocycles. The number of rotatable bonds is 3. The summed E-state index contributed by atoms with van der Waals surface area (Å²) in [4.78, 5) is 22.8. The summed E-state index contributed by atoms with van der Waals surface area (Å²) in [5, 5.41) is 4.05. The summed E-state index contributed by atoms with van der Waals surface area (Å²) in [6.07, 6.45) is 8.94. The fourth-order valence-corrected chi connectivity index (χ4v) is 3.42. The molecule has 2 aromatic heterocycles. The van der Waals surface area contributed by atoms with Crippen LogP contribution in [-0.2, 0) is 12.8 Å². The first kappa shape index (κ1) is 15.1. The van der Waals surface area contributed by atoms with Crippen LogP contribution < -0.4 is 4.74 Å². The number of amides is 1. The molecule has 2 aromatic rings. The van der Waals surface area contributed by atoms with E-state index in [9.17, 15) is 4.79 Å². The van der Waals surface area contributed by atoms with Crippen molar-refractivity contribution >= 4 is 5.91 Å². The van der Waals surface area contributed by atoms with E-state index in [1.807, 2.05) is 4.90 Å². The fraction of sp³-hybridized carbons (Fsp3) is 0.529. The third kappa shape index (κ3) is 2.98. The smallest absolute Gasteiger partial charge is 0.316 e. The largest absolute Gasteiger partial charge is 0.458 e. The van der Waals surface area contributed by atoms with Crippen LogP contribution in [0, 0.1) is 0 Å². The van der Waals surface area contributed by atoms with Crippen molar-refractivity contribution in [1.29, 1.82) is 0 Å². The lowest BCUT2D eigenvalue weighted by Gasteiger charge is -2.32. The Labute approximate surface area is 140 Å². The Hall–Kier alpha value is -2.44. The minimum Gasteiger partial charge on any atom is -0.458 e. The van der Waals surface area contributed by atoms with E-state index in [0.29, 0.717) is 18.2 Å². The number of hydrogen-bond acceptors (Lipinski definition) is 6. The van der Waals surface area contributed by atoms with Crippen molar-refractivity contribution < 1.29 is 14.1 Å². The van der Waals surface area contributed by atoms with E-state index in [1.165, 1.54) is 0 Å². The third-order valence-electron chi connectivity index (χ3n) is 4.63. The van der Waals surface area contributed by atoms with E-state index in [1.54, 1.807) is 18.5 Å². The Morgan fingerprint density at radius 3 is 2.92 bits per heavy atom. The van der Waals surface area contributed by atoms with Crippen molar-refractivity contribution in [2.75, 3.05) is 13.1 Å². The van der Waals surface area contributed by atoms with Gasteiger partial charge in [-0.25, -0.2) is 9.97 Å². The predicted octanol–water partition coefficient (Wildman–Crippen LogP) is 2.03. The van der Waals surface area contributed by atoms with Crippen LogP contribution in [0.1, 0.15) is 47.5 Å². The molecule has 1 amide bonds. The second-order valence-electron chi connectivity index (χ2n) is 6.30. The number of hydrogen-bond donors (Lipinski definition) is 0. The van der Waals surface area contributed by atoms with Crippen molar-refractivity contribution in [2.45, 2.75) is 44.6 Å². The number of piperidine rings is 1. The number of carbonyl (C=O) groups is 1. The van der Waals surface area contributed by atoms with Crippen LogP contribution in [0.2, 0.25) is 0 Å². The molecule has 0 spiro atoms. The average molecular weight is 328 g/mol. The van der Waals surface area contributed by atoms with Gasteiger partial charge in [-0.2, -0.15) is 0 Å². The molecule has 1 fully saturated rings. The molecule has 126 valence electrons. The van der Waals surface area contributed by atoms with E-state index in [0.717, 1.165) is 56.4 Å². The molecule has 0 radical (unpaired) electrons. The molecule has 2 aliphatic rings. The van der Waals surface area contributed by atoms with Gasteiger partial charge < -0.3 is 14.2 Å². The summed E-state index contributed by atoms with van der Waals surface area (Å²) in [6.45, 7) is 1.24. The first-order valence-electron chi connectivity index (χ1n) is 8.51. The zero-order chi connectivity index (χ0) is 16.4. The standard InChI is InChI=1S/C17H20N4O3/c22-16(15-13-6-1-2-7-14(13)24-20-15)21-10-3-5-12(11-21)23-17-18-8-4-9-19-17/h4,8-9,12H,1-3,5-7,10-11H2. The summed E-state index contributed by atoms with van der Waals surface area (Å²) in [6, 6.07) is 2.10. The molecule has 7 heteroatoms. The van der Waals surface area contributed by atoms with Crippen LogP contribution in [0.25, 0.3) is 0 Å². The number of likely N-dealkylation sites (tertiary alicyclic amines) is 1. The van der Waals surface area contributed by atoms with Crippen molar-refractivity contribution in [3.05, 3.63) is 35.5 Å². The van der Waals surface area contributed by atoms with E-state index in [2.05, 4.69) is 15.1 Å². The number of nitrogens with zero attached hydrogens (tertiary/aromatic N) is 4. The van der Waals surface area contributed by atoms with Gasteiger partial charge in [-0.1, -0.05) is 5.16 Å². The maximum absolute atomic E-state index is 12.8. The monoisotopic (exact) mass is 328 g/mol. The molecule has 1 saturated heterocycles. The predicted molar refractivity (Wildman–Crippen MR) is 84.7 cm³/mol. The zero-order valence-corrected chi connectivity index (χ0v) is 13.5. The molecular weight excluding hydrogens is 308 g/mol. The average Bonchev–Trinajstić information content (AvgIpc) is 3.06. The van der Waals surface area contributed by atoms with Gasteiger partial charge in [0.2, 0.25) is 0 Å². The minimum atomic E-state index is -0.0900. The van der Waals surface area contributed by atoms with Crippen molar-refractivity contribution in [1.82, 2.24) is 20.0 Å². The van der Waals surface area contributed by atoms with Crippen molar-refractivity contribution in [2.24, 2.45) is 0 Å². The molecule has 24 heavy (non-hydrogen) atoms. The van der Waals surface area contributed by atoms with Crippen LogP contribution in [-0.4, -0.2) is 45.1 Å². The Morgan fingerprint density at radius 1 is 1.21 bits per heavy atom. The highest BCUT2D eigenvalue weighted by molar-refractivity contribution is 5.94. The Balaban J connectivity index is 1.46. The van der Waals surface area contributed by atoms with Crippen LogP contribution in [0.4, 0.5) is 0 Å². The van der Waals surface area contributed by atoms with Crippen molar-refractivity contribution in [3.8, 4) is 6.01 Å². The second-order valence-corrected chi connectivity index (χ2v) is 6.30. The highest BCUT2D eigenvalue weighted by atomic mass is 16.5. The highest BCUT2D eigenvalue weighted by Crippen LogP contribution is 2.26. The molecule has 0 bridgehead atoms. The Kier molecular flexibility index (Phi) is 4.15. The number of aromatic nitrogens is 3. The van der Waals surface area contributed by atoms with Gasteiger partial charge in [-0.05, 0) is 38.2 Å². The van der Waals surface area contributed by atoms with Crippen LogP contribution in [0.3, 0.4) is 0 Å². The molecule has 1 unspecified atom stereocenters. The molecule has 1 aliphatic carbocycles. The quantitative estimate of drug-likeness (QED) is 0.857. The van der Waals surface area contributed by atoms with Gasteiger partial charge in [-0.15, -0.1) is 0 Å². The molecule has 4 rings (SSSR count). The topological polar surface area (TPSA) is 81.4 Å². The molecule has 0 N–H and O–H groups in total. The fourth-order valence-electron chi connectivity index (χ4n) is 3.42. The molecular formula is C17H20N4O3. The van der Waals surface area contributed by atoms with Gasteiger partial charge in [0.1, 0.15) is 11.9 Å². The first-order valence-corrected chi connectivity index (χ1v) is 8.51. The summed E-state index contributed by atoms with van der Waals surface area (Å²) >= 11 is 0. The molecule has 3 heterocycles. The number of carbonyl (C=O) groups excluding carboxylic acids is 1. The first-order chi connectivity index (χ1) is 11.8. The number of aryl methyl sites for hydroxylation is 1. The van der Waals surface area contributed by atoms with Gasteiger partial charge >= 0.3 is 6.01 Å². The van der Waals surface area contributed by atoms with Gasteiger partial charge in [0.15, 0.2) is 5.69 Å². The summed E-state index contributed by atoms with van der Waals surface area (Å²) in [5.74, 6) is 0.830. The van der Waals surface area contributed by atoms with Gasteiger partial charge in [-0.3, -0.25) is 4.79 Å². The maximum atomic E-state index is 12.8. The highest BCUT2D eigenvalue weighted by Gasteiger charge is 2.31. The van der Waals surface area contributed by atoms with E-state index >= 15 is 0 Å². The number of ether oxygens (including phenoxy) is 1. The molecule has 7 nitrogen and oxygen atoms in total. The third-order valence-corrected chi connectivity index (χ3v) is 4.63. The van der Waals surface area contributed by atoms with Crippen LogP contribution >= 0.6 is 0 Å². The lowest BCUT2D eigenvalue weighted by molar-refractivity contribution is 0.0506. The van der Waals surface area contributed by atoms with Gasteiger partial charge in [0.25, 0.3) is 5.91 Å². The number of fused-ring (bicyclic) bond motifs is 1. The Morgan fingerprint density at radius 2 is 2.04 bits per heavy atom. The lowest BCUT2D eigenvalue weighted by atomic mass is 9.96. The zero-order valence-electron chi connectivity index (χ0n) is 13.5. The summed E-state index contributed by atoms with van der Waals surface area (Å²) in [5.41, 5.74) is 1.49. The van der Waals surface area contributed by atoms with Gasteiger partial charge in [0, 0.05) is 30.9 Å². The van der Waals surface area contributed by atoms with E-state index < -0.39 is 0 Å². The molecule has 0 aromatic carbocycles. The maximum Gasteiger partial charge on any atom is 0.316 e. The second kappa shape index (κ2) is 6.59. The SMILES string of the molecule is O=C(c1noc2c1CCCC2)N1CCCC(Oc2ncccn2)C1. The summed E-state index contributed by atoms with van der Waals surface area (Å²) in [7, 11) is 0. The lowest BCUT2D eigenvalue weighted by Crippen LogP contribution is -2.45. The van der Waals surface area contributed by atoms with Gasteiger partial charge in [0.05, 0.1) is 6.54 Å². The summed E-state index contributed by atoms with van der Waals surface area (Å²) < 4.78 is 11.2. The molecule has 1 atom stereocenters. The van der Waals surface area contributed by atoms with E-state index in [-0.39, 0.29) is 12.0 Å². The normalized spacial score (nSPS) is 20.5. The minimum absolute atomic E-state index is 0.0517. The molecule has 1 aliphatic heterocycles. The van der Waals surface area contributed by atoms with Crippen molar-refractivity contribution in [3.63, 3.8) is 0 Å². The van der Waals surface area contributed by atoms with E-state index in [4.69, 9.17) is 9.26 Å². The van der Waals surface area contributed by atoms with Crippen LogP contribution in [0.15, 0.2) is 23.0 Å². The van der Waals surface area contributed by atoms with Crippen LogP contribution in [0.5, 0.6) is 6.01 Å².